The van der Waals surface area contributed by atoms with E-state index >= 15 is 0 Å². The Morgan fingerprint density at radius 3 is 2.55 bits per heavy atom. The first-order valence-corrected chi connectivity index (χ1v) is 6.49. The fourth-order valence-electron chi connectivity index (χ4n) is 1.79. The van der Waals surface area contributed by atoms with Crippen LogP contribution in [0.3, 0.4) is 0 Å². The molecule has 0 bridgehead atoms. The van der Waals surface area contributed by atoms with Gasteiger partial charge in [-0.25, -0.2) is 0 Å². The van der Waals surface area contributed by atoms with E-state index in [-0.39, 0.29) is 12.3 Å². The van der Waals surface area contributed by atoms with Crippen molar-refractivity contribution in [3.05, 3.63) is 29.8 Å². The van der Waals surface area contributed by atoms with Gasteiger partial charge in [0.2, 0.25) is 5.91 Å². The summed E-state index contributed by atoms with van der Waals surface area (Å²) in [5.41, 5.74) is -0.0399. The summed E-state index contributed by atoms with van der Waals surface area (Å²) in [6, 6.07) is 7.60. The molecule has 1 amide bonds. The average Bonchev–Trinajstić information content (AvgIpc) is 2.38. The Hall–Kier alpha value is -2.04. The Morgan fingerprint density at radius 2 is 1.95 bits per heavy atom. The number of hydrogen-bond acceptors (Lipinski definition) is 3. The molecule has 5 nitrogen and oxygen atoms in total. The highest BCUT2D eigenvalue weighted by Gasteiger charge is 2.29. The summed E-state index contributed by atoms with van der Waals surface area (Å²) in [7, 11) is 1.60. The summed E-state index contributed by atoms with van der Waals surface area (Å²) in [6.07, 6.45) is 0.609. The molecular weight excluding hydrogens is 258 g/mol. The molecule has 0 aliphatic rings. The second-order valence-corrected chi connectivity index (χ2v) is 5.28. The maximum Gasteiger partial charge on any atom is 0.309 e. The third-order valence-electron chi connectivity index (χ3n) is 3.09. The van der Waals surface area contributed by atoms with Crippen molar-refractivity contribution in [2.75, 3.05) is 13.7 Å². The van der Waals surface area contributed by atoms with Gasteiger partial charge in [0.05, 0.1) is 12.5 Å². The number of carboxylic acids is 1. The number of carbonyl (C=O) groups is 2. The molecule has 1 aromatic carbocycles. The van der Waals surface area contributed by atoms with Gasteiger partial charge >= 0.3 is 5.97 Å². The number of amides is 1. The van der Waals surface area contributed by atoms with Crippen LogP contribution in [0.15, 0.2) is 24.3 Å². The zero-order chi connectivity index (χ0) is 15.2. The lowest BCUT2D eigenvalue weighted by molar-refractivity contribution is -0.149. The minimum absolute atomic E-state index is 0.0335. The number of hydrogen-bond donors (Lipinski definition) is 2. The number of rotatable bonds is 7. The standard InChI is InChI=1S/C15H21NO4/c1-15(2,14(18)19)10-13(17)16-9-8-11-6-4-5-7-12(11)20-3/h4-7H,8-10H2,1-3H3,(H,16,17)(H,18,19). The minimum atomic E-state index is -1.05. The third kappa shape index (κ3) is 4.57. The van der Waals surface area contributed by atoms with Crippen molar-refractivity contribution in [3.63, 3.8) is 0 Å². The molecule has 0 unspecified atom stereocenters. The Kier molecular flexibility index (Phi) is 5.55. The number of ether oxygens (including phenoxy) is 1. The van der Waals surface area contributed by atoms with Crippen LogP contribution in [-0.2, 0) is 16.0 Å². The smallest absolute Gasteiger partial charge is 0.309 e. The first-order chi connectivity index (χ1) is 9.36. The van der Waals surface area contributed by atoms with Crippen LogP contribution in [0, 0.1) is 5.41 Å². The van der Waals surface area contributed by atoms with Crippen LogP contribution < -0.4 is 10.1 Å². The normalized spacial score (nSPS) is 10.9. The van der Waals surface area contributed by atoms with Crippen molar-refractivity contribution < 1.29 is 19.4 Å². The van der Waals surface area contributed by atoms with Gasteiger partial charge in [-0.05, 0) is 31.9 Å². The van der Waals surface area contributed by atoms with E-state index < -0.39 is 11.4 Å². The van der Waals surface area contributed by atoms with Gasteiger partial charge in [0.15, 0.2) is 0 Å². The van der Waals surface area contributed by atoms with Crippen LogP contribution in [0.2, 0.25) is 0 Å². The van der Waals surface area contributed by atoms with Crippen LogP contribution in [-0.4, -0.2) is 30.6 Å². The van der Waals surface area contributed by atoms with Crippen molar-refractivity contribution in [1.29, 1.82) is 0 Å². The summed E-state index contributed by atoms with van der Waals surface area (Å²) < 4.78 is 5.22. The van der Waals surface area contributed by atoms with Gasteiger partial charge in [0.25, 0.3) is 0 Å². The zero-order valence-electron chi connectivity index (χ0n) is 12.1. The van der Waals surface area contributed by atoms with Crippen LogP contribution >= 0.6 is 0 Å². The number of methoxy groups -OCH3 is 1. The largest absolute Gasteiger partial charge is 0.496 e. The number of para-hydroxylation sites is 1. The van der Waals surface area contributed by atoms with Crippen molar-refractivity contribution in [2.24, 2.45) is 5.41 Å². The molecular formula is C15H21NO4. The zero-order valence-corrected chi connectivity index (χ0v) is 12.1. The van der Waals surface area contributed by atoms with E-state index in [1.165, 1.54) is 13.8 Å². The predicted octanol–water partition coefficient (Wildman–Crippen LogP) is 1.85. The van der Waals surface area contributed by atoms with Gasteiger partial charge in [-0.3, -0.25) is 9.59 Å². The Balaban J connectivity index is 2.45. The molecule has 0 heterocycles. The number of aliphatic carboxylic acids is 1. The molecule has 5 heteroatoms. The summed E-state index contributed by atoms with van der Waals surface area (Å²) in [4.78, 5) is 22.6. The summed E-state index contributed by atoms with van der Waals surface area (Å²) in [5, 5.41) is 11.7. The summed E-state index contributed by atoms with van der Waals surface area (Å²) >= 11 is 0. The molecule has 0 aliphatic carbocycles. The molecule has 1 rings (SSSR count). The molecule has 0 radical (unpaired) electrons. The van der Waals surface area contributed by atoms with Crippen molar-refractivity contribution in [1.82, 2.24) is 5.32 Å². The Labute approximate surface area is 118 Å². The van der Waals surface area contributed by atoms with Gasteiger partial charge in [-0.15, -0.1) is 0 Å². The average molecular weight is 279 g/mol. The lowest BCUT2D eigenvalue weighted by atomic mass is 9.89. The monoisotopic (exact) mass is 279 g/mol. The molecule has 0 saturated heterocycles. The SMILES string of the molecule is COc1ccccc1CCNC(=O)CC(C)(C)C(=O)O. The maximum atomic E-state index is 11.7. The quantitative estimate of drug-likeness (QED) is 0.798. The molecule has 110 valence electrons. The number of nitrogens with one attached hydrogen (secondary N) is 1. The highest BCUT2D eigenvalue weighted by molar-refractivity contribution is 5.84. The topological polar surface area (TPSA) is 75.6 Å². The van der Waals surface area contributed by atoms with Crippen LogP contribution in [0.4, 0.5) is 0 Å². The fourth-order valence-corrected chi connectivity index (χ4v) is 1.79. The second-order valence-electron chi connectivity index (χ2n) is 5.28. The fraction of sp³-hybridized carbons (Fsp3) is 0.467. The van der Waals surface area contributed by atoms with E-state index in [0.29, 0.717) is 13.0 Å². The van der Waals surface area contributed by atoms with Gasteiger partial charge in [-0.1, -0.05) is 18.2 Å². The Bertz CT molecular complexity index is 483. The number of carbonyl (C=O) groups excluding carboxylic acids is 1. The second kappa shape index (κ2) is 6.93. The molecule has 0 atom stereocenters. The first kappa shape index (κ1) is 16.0. The van der Waals surface area contributed by atoms with Crippen LogP contribution in [0.1, 0.15) is 25.8 Å². The maximum absolute atomic E-state index is 11.7. The molecule has 1 aromatic rings. The van der Waals surface area contributed by atoms with Crippen molar-refractivity contribution >= 4 is 11.9 Å². The van der Waals surface area contributed by atoms with Crippen molar-refractivity contribution in [3.8, 4) is 5.75 Å². The first-order valence-electron chi connectivity index (χ1n) is 6.49. The van der Waals surface area contributed by atoms with Gasteiger partial charge < -0.3 is 15.2 Å². The Morgan fingerprint density at radius 1 is 1.30 bits per heavy atom. The van der Waals surface area contributed by atoms with E-state index in [2.05, 4.69) is 5.32 Å². The summed E-state index contributed by atoms with van der Waals surface area (Å²) in [5.74, 6) is -0.447. The number of carboxylic acid groups (broad SMARTS) is 1. The highest BCUT2D eigenvalue weighted by Crippen LogP contribution is 2.20. The minimum Gasteiger partial charge on any atom is -0.496 e. The van der Waals surface area contributed by atoms with Gasteiger partial charge in [0.1, 0.15) is 5.75 Å². The van der Waals surface area contributed by atoms with Crippen molar-refractivity contribution in [2.45, 2.75) is 26.7 Å². The summed E-state index contributed by atoms with van der Waals surface area (Å²) in [6.45, 7) is 3.53. The molecule has 0 fully saturated rings. The lowest BCUT2D eigenvalue weighted by Crippen LogP contribution is -2.34. The molecule has 2 N–H and O–H groups in total. The predicted molar refractivity (Wildman–Crippen MR) is 75.7 cm³/mol. The van der Waals surface area contributed by atoms with E-state index in [1.807, 2.05) is 24.3 Å². The van der Waals surface area contributed by atoms with E-state index in [0.717, 1.165) is 11.3 Å². The third-order valence-corrected chi connectivity index (χ3v) is 3.09. The van der Waals surface area contributed by atoms with Crippen LogP contribution in [0.5, 0.6) is 5.75 Å². The highest BCUT2D eigenvalue weighted by atomic mass is 16.5. The van der Waals surface area contributed by atoms with Crippen LogP contribution in [0.25, 0.3) is 0 Å². The number of benzene rings is 1. The molecule has 0 aliphatic heterocycles. The molecule has 0 spiro atoms. The van der Waals surface area contributed by atoms with E-state index in [1.54, 1.807) is 7.11 Å². The molecule has 0 aromatic heterocycles. The van der Waals surface area contributed by atoms with E-state index in [9.17, 15) is 9.59 Å². The lowest BCUT2D eigenvalue weighted by Gasteiger charge is -2.18. The van der Waals surface area contributed by atoms with E-state index in [4.69, 9.17) is 9.84 Å². The molecule has 20 heavy (non-hydrogen) atoms. The van der Waals surface area contributed by atoms with Gasteiger partial charge in [-0.2, -0.15) is 0 Å². The molecule has 0 saturated carbocycles. The van der Waals surface area contributed by atoms with Gasteiger partial charge in [0, 0.05) is 13.0 Å².